The number of amides is 1. The Balaban J connectivity index is 2.56. The number of esters is 1. The van der Waals surface area contributed by atoms with Gasteiger partial charge < -0.3 is 10.1 Å². The van der Waals surface area contributed by atoms with E-state index in [-0.39, 0.29) is 18.4 Å². The van der Waals surface area contributed by atoms with Gasteiger partial charge in [0.05, 0.1) is 13.7 Å². The zero-order chi connectivity index (χ0) is 17.4. The third kappa shape index (κ3) is 7.01. The van der Waals surface area contributed by atoms with Crippen LogP contribution in [-0.4, -0.2) is 43.5 Å². The lowest BCUT2D eigenvalue weighted by Crippen LogP contribution is -2.45. The monoisotopic (exact) mass is 340 g/mol. The van der Waals surface area contributed by atoms with Crippen LogP contribution in [-0.2, 0) is 20.9 Å². The van der Waals surface area contributed by atoms with Crippen LogP contribution in [0.4, 0.5) is 0 Å². The highest BCUT2D eigenvalue weighted by atomic mass is 35.5. The molecule has 0 fully saturated rings. The highest BCUT2D eigenvalue weighted by Gasteiger charge is 2.23. The Labute approximate surface area is 142 Å². The number of carbonyl (C=O) groups is 2. The molecule has 0 heterocycles. The van der Waals surface area contributed by atoms with Crippen molar-refractivity contribution in [2.75, 3.05) is 20.7 Å². The number of halogens is 1. The van der Waals surface area contributed by atoms with Crippen LogP contribution in [0, 0.1) is 5.92 Å². The molecule has 1 aromatic carbocycles. The topological polar surface area (TPSA) is 58.6 Å². The molecule has 0 radical (unpaired) electrons. The van der Waals surface area contributed by atoms with Gasteiger partial charge in [0.2, 0.25) is 5.91 Å². The summed E-state index contributed by atoms with van der Waals surface area (Å²) in [6.45, 7) is 4.72. The molecule has 1 amide bonds. The smallest absolute Gasteiger partial charge is 0.328 e. The van der Waals surface area contributed by atoms with Crippen LogP contribution in [0.15, 0.2) is 24.3 Å². The van der Waals surface area contributed by atoms with E-state index < -0.39 is 12.0 Å². The first-order valence-electron chi connectivity index (χ1n) is 7.62. The summed E-state index contributed by atoms with van der Waals surface area (Å²) >= 11 is 6.12. The Morgan fingerprint density at radius 1 is 1.30 bits per heavy atom. The molecule has 1 rings (SSSR count). The predicted molar refractivity (Wildman–Crippen MR) is 91.2 cm³/mol. The van der Waals surface area contributed by atoms with Gasteiger partial charge in [-0.15, -0.1) is 0 Å². The SMILES string of the molecule is COC(=O)C(CC(C)C)NC(=O)CN(C)Cc1ccccc1Cl. The number of benzene rings is 1. The highest BCUT2D eigenvalue weighted by molar-refractivity contribution is 6.31. The molecule has 5 nitrogen and oxygen atoms in total. The van der Waals surface area contributed by atoms with Gasteiger partial charge in [-0.1, -0.05) is 43.6 Å². The van der Waals surface area contributed by atoms with Crippen molar-refractivity contribution in [2.45, 2.75) is 32.9 Å². The molecule has 0 aromatic heterocycles. The molecular formula is C17H25ClN2O3. The second-order valence-electron chi connectivity index (χ2n) is 6.04. The summed E-state index contributed by atoms with van der Waals surface area (Å²) < 4.78 is 4.75. The van der Waals surface area contributed by atoms with Gasteiger partial charge in [0.15, 0.2) is 0 Å². The fourth-order valence-corrected chi connectivity index (χ4v) is 2.48. The molecular weight excluding hydrogens is 316 g/mol. The lowest BCUT2D eigenvalue weighted by Gasteiger charge is -2.21. The molecule has 1 aromatic rings. The summed E-state index contributed by atoms with van der Waals surface area (Å²) in [5.41, 5.74) is 0.955. The zero-order valence-electron chi connectivity index (χ0n) is 14.1. The standard InChI is InChI=1S/C17H25ClN2O3/c1-12(2)9-15(17(22)23-4)19-16(21)11-20(3)10-13-7-5-6-8-14(13)18/h5-8,12,15H,9-11H2,1-4H3,(H,19,21). The molecule has 0 spiro atoms. The maximum Gasteiger partial charge on any atom is 0.328 e. The Bertz CT molecular complexity index is 534. The molecule has 1 N–H and O–H groups in total. The van der Waals surface area contributed by atoms with Crippen molar-refractivity contribution < 1.29 is 14.3 Å². The zero-order valence-corrected chi connectivity index (χ0v) is 14.9. The van der Waals surface area contributed by atoms with Crippen molar-refractivity contribution in [1.82, 2.24) is 10.2 Å². The van der Waals surface area contributed by atoms with Gasteiger partial charge in [-0.3, -0.25) is 9.69 Å². The molecule has 0 saturated heterocycles. The van der Waals surface area contributed by atoms with Crippen LogP contribution >= 0.6 is 11.6 Å². The predicted octanol–water partition coefficient (Wildman–Crippen LogP) is 2.48. The first-order chi connectivity index (χ1) is 10.8. The number of rotatable bonds is 8. The number of hydrogen-bond donors (Lipinski definition) is 1. The van der Waals surface area contributed by atoms with E-state index in [1.54, 1.807) is 0 Å². The Morgan fingerprint density at radius 3 is 2.52 bits per heavy atom. The summed E-state index contributed by atoms with van der Waals surface area (Å²) in [4.78, 5) is 25.7. The molecule has 0 aliphatic heterocycles. The number of methoxy groups -OCH3 is 1. The van der Waals surface area contributed by atoms with E-state index >= 15 is 0 Å². The molecule has 6 heteroatoms. The van der Waals surface area contributed by atoms with Crippen molar-refractivity contribution in [3.05, 3.63) is 34.9 Å². The van der Waals surface area contributed by atoms with Gasteiger partial charge in [-0.25, -0.2) is 4.79 Å². The van der Waals surface area contributed by atoms with E-state index in [1.807, 2.05) is 50.1 Å². The molecule has 0 saturated carbocycles. The lowest BCUT2D eigenvalue weighted by atomic mass is 10.0. The van der Waals surface area contributed by atoms with Crippen LogP contribution < -0.4 is 5.32 Å². The molecule has 1 atom stereocenters. The third-order valence-electron chi connectivity index (χ3n) is 3.34. The van der Waals surface area contributed by atoms with Crippen LogP contribution in [0.3, 0.4) is 0 Å². The van der Waals surface area contributed by atoms with Gasteiger partial charge in [0, 0.05) is 11.6 Å². The van der Waals surface area contributed by atoms with Gasteiger partial charge in [-0.05, 0) is 31.0 Å². The van der Waals surface area contributed by atoms with E-state index in [2.05, 4.69) is 5.32 Å². The van der Waals surface area contributed by atoms with E-state index in [0.717, 1.165) is 5.56 Å². The van der Waals surface area contributed by atoms with Gasteiger partial charge in [0.25, 0.3) is 0 Å². The van der Waals surface area contributed by atoms with Crippen molar-refractivity contribution in [2.24, 2.45) is 5.92 Å². The van der Waals surface area contributed by atoms with Crippen molar-refractivity contribution >= 4 is 23.5 Å². The highest BCUT2D eigenvalue weighted by Crippen LogP contribution is 2.16. The second-order valence-corrected chi connectivity index (χ2v) is 6.44. The molecule has 0 aliphatic rings. The average molecular weight is 341 g/mol. The molecule has 23 heavy (non-hydrogen) atoms. The molecule has 1 unspecified atom stereocenters. The number of nitrogens with one attached hydrogen (secondary N) is 1. The summed E-state index contributed by atoms with van der Waals surface area (Å²) in [5, 5.41) is 3.42. The van der Waals surface area contributed by atoms with Crippen LogP contribution in [0.2, 0.25) is 5.02 Å². The van der Waals surface area contributed by atoms with Gasteiger partial charge in [0.1, 0.15) is 6.04 Å². The number of nitrogens with zero attached hydrogens (tertiary/aromatic N) is 1. The Kier molecular flexibility index (Phi) is 8.06. The quantitative estimate of drug-likeness (QED) is 0.739. The fourth-order valence-electron chi connectivity index (χ4n) is 2.29. The lowest BCUT2D eigenvalue weighted by molar-refractivity contribution is -0.145. The summed E-state index contributed by atoms with van der Waals surface area (Å²) in [6, 6.07) is 6.91. The van der Waals surface area contributed by atoms with Crippen LogP contribution in [0.1, 0.15) is 25.8 Å². The average Bonchev–Trinajstić information content (AvgIpc) is 2.47. The van der Waals surface area contributed by atoms with Crippen molar-refractivity contribution in [1.29, 1.82) is 0 Å². The van der Waals surface area contributed by atoms with Gasteiger partial charge >= 0.3 is 5.97 Å². The number of hydrogen-bond acceptors (Lipinski definition) is 4. The molecule has 128 valence electrons. The Hall–Kier alpha value is -1.59. The molecule has 0 aliphatic carbocycles. The second kappa shape index (κ2) is 9.53. The largest absolute Gasteiger partial charge is 0.467 e. The van der Waals surface area contributed by atoms with Crippen molar-refractivity contribution in [3.8, 4) is 0 Å². The van der Waals surface area contributed by atoms with E-state index in [0.29, 0.717) is 18.0 Å². The molecule has 0 bridgehead atoms. The first-order valence-corrected chi connectivity index (χ1v) is 8.00. The minimum Gasteiger partial charge on any atom is -0.467 e. The van der Waals surface area contributed by atoms with E-state index in [1.165, 1.54) is 7.11 Å². The summed E-state index contributed by atoms with van der Waals surface area (Å²) in [5.74, 6) is -0.350. The minimum atomic E-state index is -0.610. The summed E-state index contributed by atoms with van der Waals surface area (Å²) in [7, 11) is 3.16. The number of likely N-dealkylation sites (N-methyl/N-ethyl adjacent to an activating group) is 1. The minimum absolute atomic E-state index is 0.177. The van der Waals surface area contributed by atoms with Crippen LogP contribution in [0.25, 0.3) is 0 Å². The van der Waals surface area contributed by atoms with Crippen molar-refractivity contribution in [3.63, 3.8) is 0 Å². The van der Waals surface area contributed by atoms with Gasteiger partial charge in [-0.2, -0.15) is 0 Å². The number of ether oxygens (including phenoxy) is 1. The van der Waals surface area contributed by atoms with E-state index in [4.69, 9.17) is 16.3 Å². The van der Waals surface area contributed by atoms with E-state index in [9.17, 15) is 9.59 Å². The summed E-state index contributed by atoms with van der Waals surface area (Å²) in [6.07, 6.45) is 0.548. The van der Waals surface area contributed by atoms with Crippen LogP contribution in [0.5, 0.6) is 0 Å². The number of carbonyl (C=O) groups excluding carboxylic acids is 2. The first kappa shape index (κ1) is 19.5. The maximum absolute atomic E-state index is 12.1. The maximum atomic E-state index is 12.1. The Morgan fingerprint density at radius 2 is 1.96 bits per heavy atom. The third-order valence-corrected chi connectivity index (χ3v) is 3.71. The normalized spacial score (nSPS) is 12.3. The fraction of sp³-hybridized carbons (Fsp3) is 0.529.